The number of hydrogen-bond acceptors (Lipinski definition) is 3. The lowest BCUT2D eigenvalue weighted by atomic mass is 9.63. The molecule has 43 heavy (non-hydrogen) atoms. The van der Waals surface area contributed by atoms with E-state index in [2.05, 4.69) is 118 Å². The van der Waals surface area contributed by atoms with Crippen molar-refractivity contribution in [1.82, 2.24) is 0 Å². The van der Waals surface area contributed by atoms with Gasteiger partial charge in [0, 0.05) is 28.7 Å². The first-order chi connectivity index (χ1) is 20.0. The Morgan fingerprint density at radius 3 is 2.00 bits per heavy atom. The number of aliphatic hydroxyl groups is 2. The second-order valence-electron chi connectivity index (χ2n) is 16.2. The predicted octanol–water partition coefficient (Wildman–Crippen LogP) is 9.75. The van der Waals surface area contributed by atoms with Crippen molar-refractivity contribution in [3.63, 3.8) is 0 Å². The van der Waals surface area contributed by atoms with Crippen molar-refractivity contribution in [3.05, 3.63) is 47.6 Å². The van der Waals surface area contributed by atoms with Crippen LogP contribution >= 0.6 is 0 Å². The fraction of sp³-hybridized carbons (Fsp3) is 0.750. The van der Waals surface area contributed by atoms with Crippen LogP contribution in [0.15, 0.2) is 47.6 Å². The van der Waals surface area contributed by atoms with E-state index >= 15 is 0 Å². The van der Waals surface area contributed by atoms with Gasteiger partial charge in [0.2, 0.25) is 0 Å². The Bertz CT molecular complexity index is 1110. The highest BCUT2D eigenvalue weighted by Crippen LogP contribution is 2.66. The molecule has 1 aliphatic heterocycles. The number of epoxide rings is 1. The molecule has 3 heteroatoms. The van der Waals surface area contributed by atoms with Crippen LogP contribution in [0.3, 0.4) is 0 Å². The smallest absolute Gasteiger partial charge is 0.121 e. The van der Waals surface area contributed by atoms with Crippen LogP contribution in [0.4, 0.5) is 0 Å². The molecule has 0 aromatic carbocycles. The van der Waals surface area contributed by atoms with E-state index in [0.29, 0.717) is 23.7 Å². The lowest BCUT2D eigenvalue weighted by molar-refractivity contribution is 0.0513. The zero-order valence-electron chi connectivity index (χ0n) is 29.3. The summed E-state index contributed by atoms with van der Waals surface area (Å²) < 4.78 is 6.30. The van der Waals surface area contributed by atoms with Crippen LogP contribution in [0.2, 0.25) is 0 Å². The minimum atomic E-state index is -0.260. The minimum absolute atomic E-state index is 0.0328. The van der Waals surface area contributed by atoms with Crippen molar-refractivity contribution in [2.45, 2.75) is 157 Å². The average Bonchev–Trinajstić information content (AvgIpc) is 3.49. The van der Waals surface area contributed by atoms with Crippen LogP contribution in [0.5, 0.6) is 0 Å². The molecule has 0 amide bonds. The van der Waals surface area contributed by atoms with E-state index in [4.69, 9.17) is 4.74 Å². The maximum absolute atomic E-state index is 10.3. The zero-order valence-corrected chi connectivity index (χ0v) is 29.3. The third-order valence-corrected chi connectivity index (χ3v) is 10.5. The Balaban J connectivity index is 1.31. The van der Waals surface area contributed by atoms with Gasteiger partial charge in [-0.1, -0.05) is 122 Å². The summed E-state index contributed by atoms with van der Waals surface area (Å²) in [5.74, 6) is 9.01. The van der Waals surface area contributed by atoms with Gasteiger partial charge < -0.3 is 14.9 Å². The quantitative estimate of drug-likeness (QED) is 0.0969. The fourth-order valence-electron chi connectivity index (χ4n) is 7.95. The van der Waals surface area contributed by atoms with Crippen molar-refractivity contribution in [2.75, 3.05) is 0 Å². The number of unbranched alkanes of at least 4 members (excludes halogenated alkanes) is 1. The molecular formula is C40H64O3. The number of ether oxygens (including phenoxy) is 1. The molecule has 0 radical (unpaired) electrons. The Labute approximate surface area is 265 Å². The maximum Gasteiger partial charge on any atom is 0.121 e. The van der Waals surface area contributed by atoms with Gasteiger partial charge in [0.25, 0.3) is 0 Å². The molecule has 8 atom stereocenters. The molecule has 0 aromatic rings. The van der Waals surface area contributed by atoms with Gasteiger partial charge in [0.05, 0.1) is 12.2 Å². The average molecular weight is 593 g/mol. The van der Waals surface area contributed by atoms with E-state index in [1.165, 1.54) is 36.8 Å². The number of aliphatic hydroxyl groups excluding tert-OH is 2. The third kappa shape index (κ3) is 9.45. The summed E-state index contributed by atoms with van der Waals surface area (Å²) in [5, 5.41) is 20.4. The Kier molecular flexibility index (Phi) is 12.2. The Morgan fingerprint density at radius 2 is 1.42 bits per heavy atom. The summed E-state index contributed by atoms with van der Waals surface area (Å²) in [6.07, 6.45) is 23.8. The summed E-state index contributed by atoms with van der Waals surface area (Å²) in [6, 6.07) is 0. The second kappa shape index (κ2) is 14.7. The molecule has 242 valence electrons. The molecule has 2 fully saturated rings. The first-order valence-corrected chi connectivity index (χ1v) is 17.3. The van der Waals surface area contributed by atoms with E-state index in [0.717, 1.165) is 38.5 Å². The highest BCUT2D eigenvalue weighted by Gasteiger charge is 2.74. The van der Waals surface area contributed by atoms with E-state index < -0.39 is 0 Å². The molecule has 0 bridgehead atoms. The minimum Gasteiger partial charge on any atom is -0.393 e. The number of hydrogen-bond donors (Lipinski definition) is 2. The van der Waals surface area contributed by atoms with Crippen LogP contribution in [0.25, 0.3) is 0 Å². The molecule has 2 aliphatic carbocycles. The van der Waals surface area contributed by atoms with Crippen LogP contribution in [0.1, 0.15) is 133 Å². The molecule has 1 saturated carbocycles. The largest absolute Gasteiger partial charge is 0.393 e. The molecule has 3 rings (SSSR count). The summed E-state index contributed by atoms with van der Waals surface area (Å²) in [7, 11) is 0. The van der Waals surface area contributed by atoms with Gasteiger partial charge in [-0.2, -0.15) is 0 Å². The molecule has 0 spiro atoms. The van der Waals surface area contributed by atoms with Crippen LogP contribution < -0.4 is 0 Å². The van der Waals surface area contributed by atoms with Crippen molar-refractivity contribution >= 4 is 0 Å². The number of rotatable bonds is 13. The van der Waals surface area contributed by atoms with E-state index in [1.807, 2.05) is 0 Å². The van der Waals surface area contributed by atoms with Gasteiger partial charge in [-0.25, -0.2) is 0 Å². The van der Waals surface area contributed by atoms with E-state index in [9.17, 15) is 10.2 Å². The summed E-state index contributed by atoms with van der Waals surface area (Å²) in [4.78, 5) is 0. The Morgan fingerprint density at radius 1 is 0.814 bits per heavy atom. The van der Waals surface area contributed by atoms with E-state index in [-0.39, 0.29) is 34.2 Å². The van der Waals surface area contributed by atoms with Crippen LogP contribution in [0, 0.1) is 46.3 Å². The number of allylic oxidation sites excluding steroid dienone is 6. The molecule has 4 unspecified atom stereocenters. The van der Waals surface area contributed by atoms with Crippen LogP contribution in [-0.4, -0.2) is 33.6 Å². The maximum atomic E-state index is 10.3. The normalized spacial score (nSPS) is 32.8. The molecule has 3 aliphatic rings. The Hall–Kier alpha value is -1.60. The van der Waals surface area contributed by atoms with Gasteiger partial charge >= 0.3 is 0 Å². The van der Waals surface area contributed by atoms with Gasteiger partial charge in [-0.3, -0.25) is 0 Å². The third-order valence-electron chi connectivity index (χ3n) is 10.5. The predicted molar refractivity (Wildman–Crippen MR) is 183 cm³/mol. The highest BCUT2D eigenvalue weighted by atomic mass is 16.6. The van der Waals surface area contributed by atoms with Gasteiger partial charge in [0.1, 0.15) is 11.2 Å². The molecule has 3 nitrogen and oxygen atoms in total. The molecule has 1 saturated heterocycles. The van der Waals surface area contributed by atoms with Crippen LogP contribution in [-0.2, 0) is 4.74 Å². The standard InChI is InChI=1S/C40H64O3/c1-29(17-13-19-31(3)21-22-36-33(5)25-34(41)26-37(36,6)7)15-11-12-16-30(2)18-14-20-32(4)23-24-40-38(8,9)27-35(42)28-39(40,10)43-40/h13-14,17-18,23-24,29-32,34-35,41-42H,11-12,15-16,19-20,25-28H2,1-10H3/b17-13+,18-14+,24-23+/t29?,30?,31?,32?,34-,35+,39-,40+/m1/s1. The molecule has 1 heterocycles. The summed E-state index contributed by atoms with van der Waals surface area (Å²) >= 11 is 0. The summed E-state index contributed by atoms with van der Waals surface area (Å²) in [5.41, 5.74) is 1.97. The lowest BCUT2D eigenvalue weighted by Crippen LogP contribution is -2.46. The number of fused-ring (bicyclic) bond motifs is 1. The SMILES string of the molecule is CC1=C(C#CC(C)C/C=C/C(C)CCCCC(C)/C=C/CC(C)/C=C/[C@@]23O[C@]2(C)C[C@@H](O)CC3(C)C)C(C)(C)C[C@H](O)C1. The van der Waals surface area contributed by atoms with E-state index in [1.54, 1.807) is 0 Å². The van der Waals surface area contributed by atoms with Gasteiger partial charge in [-0.15, -0.1) is 0 Å². The van der Waals surface area contributed by atoms with Crippen molar-refractivity contribution in [3.8, 4) is 11.8 Å². The first kappa shape index (κ1) is 35.9. The van der Waals surface area contributed by atoms with Crippen molar-refractivity contribution in [1.29, 1.82) is 0 Å². The summed E-state index contributed by atoms with van der Waals surface area (Å²) in [6.45, 7) is 22.3. The monoisotopic (exact) mass is 592 g/mol. The van der Waals surface area contributed by atoms with Gasteiger partial charge in [-0.05, 0) is 76.5 Å². The van der Waals surface area contributed by atoms with Gasteiger partial charge in [0.15, 0.2) is 0 Å². The first-order valence-electron chi connectivity index (χ1n) is 17.3. The van der Waals surface area contributed by atoms with Crippen molar-refractivity contribution in [2.24, 2.45) is 34.5 Å². The fourth-order valence-corrected chi connectivity index (χ4v) is 7.95. The molecule has 2 N–H and O–H groups in total. The lowest BCUT2D eigenvalue weighted by Gasteiger charge is -2.39. The van der Waals surface area contributed by atoms with Crippen molar-refractivity contribution < 1.29 is 14.9 Å². The molecular weight excluding hydrogens is 528 g/mol. The molecule has 0 aromatic heterocycles. The topological polar surface area (TPSA) is 53.0 Å². The second-order valence-corrected chi connectivity index (χ2v) is 16.2. The highest BCUT2D eigenvalue weighted by molar-refractivity contribution is 5.40. The zero-order chi connectivity index (χ0) is 32.1.